The molecule has 0 radical (unpaired) electrons. The number of amides is 6. The Hall–Kier alpha value is -7.51. The number of carbonyl (C=O) groups excluding carboxylic acids is 6. The largest absolute Gasteiger partial charge is 0.367 e. The summed E-state index contributed by atoms with van der Waals surface area (Å²) in [6, 6.07) is 19.4. The molecule has 4 aliphatic rings. The number of hydrogen-bond acceptors (Lipinski definition) is 14. The third-order valence-corrected chi connectivity index (χ3v) is 13.9. The summed E-state index contributed by atoms with van der Waals surface area (Å²) in [5, 5.41) is 12.0. The molecule has 356 valence electrons. The van der Waals surface area contributed by atoms with Gasteiger partial charge in [-0.05, 0) is 76.1 Å². The SMILES string of the molecule is C=C1c2cccc(N3CCN(C(=O)CCCN4CCN(c5cc(Nc6ncc(C(=O)Nc7cc(NC(=O)c8cccc(C)c8)ccc7C)s6)nc(C)n5)CC4)CC3)c2C(=O)N1C1CCC(=O)NC1=O. The van der Waals surface area contributed by atoms with Crippen LogP contribution in [0.25, 0.3) is 5.70 Å². The zero-order valence-corrected chi connectivity index (χ0v) is 39.7. The van der Waals surface area contributed by atoms with Gasteiger partial charge in [-0.3, -0.25) is 43.9 Å². The quantitative estimate of drug-likeness (QED) is 0.107. The highest BCUT2D eigenvalue weighted by Gasteiger charge is 2.43. The maximum Gasteiger partial charge on any atom is 0.267 e. The van der Waals surface area contributed by atoms with Gasteiger partial charge in [-0.15, -0.1) is 0 Å². The topological polar surface area (TPSA) is 205 Å². The Morgan fingerprint density at radius 1 is 0.841 bits per heavy atom. The molecule has 4 aliphatic heterocycles. The Balaban J connectivity index is 0.717. The number of aryl methyl sites for hydroxylation is 3. The number of thiazole rings is 1. The minimum Gasteiger partial charge on any atom is -0.367 e. The molecule has 6 heterocycles. The predicted molar refractivity (Wildman–Crippen MR) is 265 cm³/mol. The maximum atomic E-state index is 13.8. The number of aromatic nitrogens is 3. The van der Waals surface area contributed by atoms with Crippen LogP contribution in [0.5, 0.6) is 0 Å². The molecule has 18 nitrogen and oxygen atoms in total. The van der Waals surface area contributed by atoms with E-state index in [1.807, 2.05) is 74.2 Å². The van der Waals surface area contributed by atoms with Gasteiger partial charge in [-0.25, -0.2) is 15.0 Å². The van der Waals surface area contributed by atoms with Gasteiger partial charge in [-0.2, -0.15) is 0 Å². The van der Waals surface area contributed by atoms with E-state index in [-0.39, 0.29) is 42.4 Å². The number of nitrogens with zero attached hydrogens (tertiary/aromatic N) is 8. The predicted octanol–water partition coefficient (Wildman–Crippen LogP) is 5.59. The monoisotopic (exact) mass is 950 g/mol. The summed E-state index contributed by atoms with van der Waals surface area (Å²) in [5.74, 6) is 0.388. The lowest BCUT2D eigenvalue weighted by atomic mass is 10.0. The fourth-order valence-corrected chi connectivity index (χ4v) is 9.96. The Bertz CT molecular complexity index is 2870. The first-order chi connectivity index (χ1) is 33.3. The molecule has 1 atom stereocenters. The Morgan fingerprint density at radius 3 is 2.38 bits per heavy atom. The van der Waals surface area contributed by atoms with Gasteiger partial charge in [0.1, 0.15) is 28.4 Å². The molecule has 9 rings (SSSR count). The summed E-state index contributed by atoms with van der Waals surface area (Å²) in [7, 11) is 0. The lowest BCUT2D eigenvalue weighted by Crippen LogP contribution is -2.52. The Kier molecular flexibility index (Phi) is 13.5. The van der Waals surface area contributed by atoms with Gasteiger partial charge in [0.25, 0.3) is 17.7 Å². The van der Waals surface area contributed by atoms with Gasteiger partial charge in [0.2, 0.25) is 17.7 Å². The van der Waals surface area contributed by atoms with E-state index in [0.29, 0.717) is 88.0 Å². The highest BCUT2D eigenvalue weighted by Crippen LogP contribution is 2.40. The number of nitrogens with one attached hydrogen (secondary N) is 4. The van der Waals surface area contributed by atoms with Crippen LogP contribution < -0.4 is 31.1 Å². The zero-order chi connectivity index (χ0) is 48.3. The second kappa shape index (κ2) is 20.0. The van der Waals surface area contributed by atoms with Crippen LogP contribution in [0.4, 0.5) is 33.8 Å². The smallest absolute Gasteiger partial charge is 0.267 e. The fourth-order valence-electron chi connectivity index (χ4n) is 9.24. The number of piperazine rings is 2. The van der Waals surface area contributed by atoms with Crippen molar-refractivity contribution in [3.8, 4) is 0 Å². The summed E-state index contributed by atoms with van der Waals surface area (Å²) in [6.45, 7) is 16.0. The first-order valence-electron chi connectivity index (χ1n) is 23.2. The number of rotatable bonds is 13. The number of carbonyl (C=O) groups is 6. The zero-order valence-electron chi connectivity index (χ0n) is 38.8. The first-order valence-corrected chi connectivity index (χ1v) is 24.0. The van der Waals surface area contributed by atoms with Crippen molar-refractivity contribution in [3.63, 3.8) is 0 Å². The van der Waals surface area contributed by atoms with Crippen molar-refractivity contribution in [2.45, 2.75) is 52.5 Å². The van der Waals surface area contributed by atoms with Crippen LogP contribution in [0.1, 0.15) is 78.6 Å². The summed E-state index contributed by atoms with van der Waals surface area (Å²) in [4.78, 5) is 102. The van der Waals surface area contributed by atoms with Crippen LogP contribution in [0, 0.1) is 20.8 Å². The van der Waals surface area contributed by atoms with E-state index in [2.05, 4.69) is 52.5 Å². The number of benzene rings is 3. The van der Waals surface area contributed by atoms with Crippen molar-refractivity contribution in [1.82, 2.24) is 35.0 Å². The second-order valence-electron chi connectivity index (χ2n) is 17.7. The van der Waals surface area contributed by atoms with E-state index >= 15 is 0 Å². The van der Waals surface area contributed by atoms with Crippen LogP contribution in [0.2, 0.25) is 0 Å². The molecule has 6 amide bonds. The molecule has 3 aromatic carbocycles. The van der Waals surface area contributed by atoms with Gasteiger partial charge >= 0.3 is 0 Å². The Labute approximate surface area is 403 Å². The minimum atomic E-state index is -0.785. The third-order valence-electron chi connectivity index (χ3n) is 12.9. The van der Waals surface area contributed by atoms with Crippen molar-refractivity contribution < 1.29 is 28.8 Å². The summed E-state index contributed by atoms with van der Waals surface area (Å²) >= 11 is 1.20. The average Bonchev–Trinajstić information content (AvgIpc) is 3.91. The van der Waals surface area contributed by atoms with Gasteiger partial charge in [0.15, 0.2) is 5.13 Å². The first kappa shape index (κ1) is 46.6. The van der Waals surface area contributed by atoms with E-state index in [1.165, 1.54) is 22.4 Å². The van der Waals surface area contributed by atoms with Crippen molar-refractivity contribution >= 4 is 86.3 Å². The van der Waals surface area contributed by atoms with Gasteiger partial charge in [-0.1, -0.05) is 53.8 Å². The Morgan fingerprint density at radius 2 is 1.61 bits per heavy atom. The van der Waals surface area contributed by atoms with Gasteiger partial charge in [0, 0.05) is 99.5 Å². The van der Waals surface area contributed by atoms with Gasteiger partial charge < -0.3 is 30.7 Å². The average molecular weight is 951 g/mol. The number of imide groups is 1. The molecular weight excluding hydrogens is 897 g/mol. The molecule has 1 unspecified atom stereocenters. The molecule has 69 heavy (non-hydrogen) atoms. The molecule has 0 bridgehead atoms. The number of piperidine rings is 1. The van der Waals surface area contributed by atoms with E-state index in [9.17, 15) is 28.8 Å². The van der Waals surface area contributed by atoms with Crippen LogP contribution in [-0.4, -0.2) is 130 Å². The van der Waals surface area contributed by atoms with E-state index in [1.54, 1.807) is 18.2 Å². The molecular formula is C50H54N12O6S. The number of fused-ring (bicyclic) bond motifs is 1. The summed E-state index contributed by atoms with van der Waals surface area (Å²) in [6.07, 6.45) is 3.12. The minimum absolute atomic E-state index is 0.117. The summed E-state index contributed by atoms with van der Waals surface area (Å²) in [5.41, 5.74) is 5.92. The molecule has 5 aromatic rings. The van der Waals surface area contributed by atoms with E-state index in [4.69, 9.17) is 4.98 Å². The molecule has 0 saturated carbocycles. The summed E-state index contributed by atoms with van der Waals surface area (Å²) < 4.78 is 0. The lowest BCUT2D eigenvalue weighted by molar-refractivity contribution is -0.136. The molecule has 4 N–H and O–H groups in total. The molecule has 0 spiro atoms. The number of hydrogen-bond donors (Lipinski definition) is 4. The molecule has 3 saturated heterocycles. The van der Waals surface area contributed by atoms with Crippen LogP contribution in [-0.2, 0) is 14.4 Å². The van der Waals surface area contributed by atoms with E-state index < -0.39 is 11.9 Å². The van der Waals surface area contributed by atoms with E-state index in [0.717, 1.165) is 61.8 Å². The molecule has 0 aliphatic carbocycles. The van der Waals surface area contributed by atoms with Crippen LogP contribution >= 0.6 is 11.3 Å². The molecule has 3 fully saturated rings. The third kappa shape index (κ3) is 10.3. The van der Waals surface area contributed by atoms with Crippen molar-refractivity contribution in [2.75, 3.05) is 84.7 Å². The highest BCUT2D eigenvalue weighted by molar-refractivity contribution is 7.17. The van der Waals surface area contributed by atoms with Crippen molar-refractivity contribution in [3.05, 3.63) is 118 Å². The van der Waals surface area contributed by atoms with Crippen molar-refractivity contribution in [1.29, 1.82) is 0 Å². The van der Waals surface area contributed by atoms with Crippen LogP contribution in [0.3, 0.4) is 0 Å². The fraction of sp³-hybridized carbons (Fsp3) is 0.340. The molecule has 2 aromatic heterocycles. The van der Waals surface area contributed by atoms with Crippen LogP contribution in [0.15, 0.2) is 79.5 Å². The highest BCUT2D eigenvalue weighted by atomic mass is 32.1. The second-order valence-corrected chi connectivity index (χ2v) is 18.7. The standard InChI is InChI=1S/C50H54N12O6S/c1-30-8-5-9-34(26-30)46(65)54-35-14-13-31(2)37(27-35)55-48(67)40-29-51-50(69-40)56-41-28-42(53-33(4)52-41)60-20-18-58(19-21-60)17-7-12-44(64)61-24-22-59(23-25-61)38-11-6-10-36-32(3)62(49(68)45(36)38)39-15-16-43(63)57-47(39)66/h5-6,8-11,13-14,26-29,39H,3,7,12,15-25H2,1-2,4H3,(H,54,65)(H,55,67)(H,57,63,66)(H,51,52,53,56). The maximum absolute atomic E-state index is 13.8. The lowest BCUT2D eigenvalue weighted by Gasteiger charge is -2.37. The molecule has 19 heteroatoms. The normalized spacial score (nSPS) is 17.5. The van der Waals surface area contributed by atoms with Crippen molar-refractivity contribution in [2.24, 2.45) is 0 Å². The number of anilines is 6. The van der Waals surface area contributed by atoms with Gasteiger partial charge in [0.05, 0.1) is 17.4 Å².